The van der Waals surface area contributed by atoms with Gasteiger partial charge in [-0.2, -0.15) is 0 Å². The number of hydrogen-bond donors (Lipinski definition) is 1. The first-order valence-electron chi connectivity index (χ1n) is 26.2. The smallest absolute Gasteiger partial charge is 0.262 e. The summed E-state index contributed by atoms with van der Waals surface area (Å²) in [6.07, 6.45) is 12.0. The van der Waals surface area contributed by atoms with Gasteiger partial charge in [0.15, 0.2) is 0 Å². The normalized spacial score (nSPS) is 17.2. The fourth-order valence-corrected chi connectivity index (χ4v) is 12.3. The van der Waals surface area contributed by atoms with Crippen molar-refractivity contribution in [2.75, 3.05) is 14.2 Å². The molecule has 4 amide bonds. The lowest BCUT2D eigenvalue weighted by atomic mass is 9.95. The number of nitrogens with two attached hydrogens (primary N) is 1. The van der Waals surface area contributed by atoms with Crippen LogP contribution in [0.25, 0.3) is 44.8 Å². The minimum Gasteiger partial charge on any atom is -0.480 e. The highest BCUT2D eigenvalue weighted by Crippen LogP contribution is 2.45. The van der Waals surface area contributed by atoms with E-state index in [0.717, 1.165) is 87.8 Å². The first-order chi connectivity index (χ1) is 38.6. The number of carbonyl (C=O) groups excluding carboxylic acids is 4. The number of aromatic nitrogens is 4. The van der Waals surface area contributed by atoms with Crippen molar-refractivity contribution >= 4 is 39.6 Å². The fraction of sp³-hybridized carbons (Fsp3) is 0.169. The molecule has 3 atom stereocenters. The number of hydrogen-bond acceptors (Lipinski definition) is 11. The van der Waals surface area contributed by atoms with Crippen LogP contribution in [0.15, 0.2) is 181 Å². The number of imide groups is 2. The molecule has 13 nitrogen and oxygen atoms in total. The number of fused-ring (bicyclic) bond motifs is 5. The molecule has 0 bridgehead atoms. The summed E-state index contributed by atoms with van der Waals surface area (Å²) in [6.45, 7) is 0. The second-order valence-electron chi connectivity index (χ2n) is 19.9. The number of carbonyl (C=O) groups is 4. The molecule has 2 aliphatic heterocycles. The molecule has 3 aliphatic carbocycles. The Balaban J connectivity index is 0.000000123. The predicted octanol–water partition coefficient (Wildman–Crippen LogP) is 12.6. The van der Waals surface area contributed by atoms with Crippen LogP contribution in [0.5, 0.6) is 11.8 Å². The van der Waals surface area contributed by atoms with Crippen LogP contribution < -0.4 is 15.2 Å². The first kappa shape index (κ1) is 50.8. The van der Waals surface area contributed by atoms with Gasteiger partial charge in [-0.15, -0.1) is 0 Å². The summed E-state index contributed by atoms with van der Waals surface area (Å²) in [4.78, 5) is 71.4. The van der Waals surface area contributed by atoms with Crippen LogP contribution in [-0.2, 0) is 19.3 Å². The molecular formula is C65H52BrN7O6. The third-order valence-electron chi connectivity index (χ3n) is 15.7. The van der Waals surface area contributed by atoms with Gasteiger partial charge in [0.25, 0.3) is 23.6 Å². The minimum absolute atomic E-state index is 0.148. The molecule has 79 heavy (non-hydrogen) atoms. The first-order valence-corrected chi connectivity index (χ1v) is 27.0. The van der Waals surface area contributed by atoms with E-state index >= 15 is 0 Å². The molecule has 14 heteroatoms. The van der Waals surface area contributed by atoms with Crippen molar-refractivity contribution in [2.24, 2.45) is 5.73 Å². The van der Waals surface area contributed by atoms with Gasteiger partial charge in [-0.25, -0.2) is 19.9 Å². The van der Waals surface area contributed by atoms with E-state index < -0.39 is 0 Å². The number of ether oxygens (including phenoxy) is 2. The molecule has 0 unspecified atom stereocenters. The number of nitrogens with zero attached hydrogens (tertiary/aromatic N) is 6. The molecule has 4 heterocycles. The zero-order valence-electron chi connectivity index (χ0n) is 43.3. The molecule has 0 fully saturated rings. The zero-order valence-corrected chi connectivity index (χ0v) is 44.9. The molecule has 0 spiro atoms. The van der Waals surface area contributed by atoms with Gasteiger partial charge in [-0.05, 0) is 124 Å². The maximum absolute atomic E-state index is 13.1. The molecule has 7 aromatic carbocycles. The van der Waals surface area contributed by atoms with Crippen molar-refractivity contribution in [3.8, 4) is 56.5 Å². The molecule has 0 saturated carbocycles. The van der Waals surface area contributed by atoms with E-state index in [1.807, 2.05) is 42.5 Å². The van der Waals surface area contributed by atoms with Gasteiger partial charge in [0.2, 0.25) is 11.8 Å². The largest absolute Gasteiger partial charge is 0.480 e. The van der Waals surface area contributed by atoms with Crippen LogP contribution in [0, 0.1) is 0 Å². The van der Waals surface area contributed by atoms with E-state index in [-0.39, 0.29) is 41.8 Å². The van der Waals surface area contributed by atoms with Crippen molar-refractivity contribution in [1.29, 1.82) is 0 Å². The second-order valence-corrected chi connectivity index (χ2v) is 20.8. The van der Waals surface area contributed by atoms with E-state index in [4.69, 9.17) is 15.2 Å². The maximum atomic E-state index is 13.1. The fourth-order valence-electron chi connectivity index (χ4n) is 11.7. The van der Waals surface area contributed by atoms with Crippen LogP contribution in [0.2, 0.25) is 0 Å². The quantitative estimate of drug-likeness (QED) is 0.144. The van der Waals surface area contributed by atoms with Crippen molar-refractivity contribution in [1.82, 2.24) is 29.7 Å². The van der Waals surface area contributed by atoms with Crippen molar-refractivity contribution < 1.29 is 28.7 Å². The van der Waals surface area contributed by atoms with Gasteiger partial charge in [0.1, 0.15) is 0 Å². The summed E-state index contributed by atoms with van der Waals surface area (Å²) >= 11 is 3.55. The van der Waals surface area contributed by atoms with Gasteiger partial charge in [-0.1, -0.05) is 137 Å². The van der Waals surface area contributed by atoms with Gasteiger partial charge >= 0.3 is 0 Å². The molecule has 390 valence electrons. The van der Waals surface area contributed by atoms with E-state index in [9.17, 15) is 19.2 Å². The molecule has 9 aromatic rings. The lowest BCUT2D eigenvalue weighted by Gasteiger charge is -2.23. The Kier molecular flexibility index (Phi) is 13.8. The summed E-state index contributed by atoms with van der Waals surface area (Å²) in [5, 5.41) is 0. The average molecular weight is 1110 g/mol. The third kappa shape index (κ3) is 9.36. The summed E-state index contributed by atoms with van der Waals surface area (Å²) in [5.41, 5.74) is 23.8. The van der Waals surface area contributed by atoms with E-state index in [1.165, 1.54) is 43.2 Å². The SMILES string of the molecule is COc1cnc(-c2ccc(-c3cccc4c3CC[C@H]4N)cc2)cn1.COc1cnc(-c2ccc(-c3cccc4c3CC[C@H]4N3C(=O)c4ccccc4C3=O)cc2)cn1.O=C1c2ccccc2C(=O)N1[C@@H]1CCc2c(Br)cccc21. The van der Waals surface area contributed by atoms with E-state index in [0.29, 0.717) is 34.0 Å². The highest BCUT2D eigenvalue weighted by atomic mass is 79.9. The molecule has 5 aliphatic rings. The summed E-state index contributed by atoms with van der Waals surface area (Å²) < 4.78 is 11.2. The molecule has 2 aromatic heterocycles. The van der Waals surface area contributed by atoms with Gasteiger partial charge in [0.05, 0.1) is 84.7 Å². The average Bonchev–Trinajstić information content (AvgIpc) is 4.53. The van der Waals surface area contributed by atoms with Gasteiger partial charge < -0.3 is 15.2 Å². The van der Waals surface area contributed by atoms with Crippen LogP contribution in [0.1, 0.15) is 112 Å². The Morgan fingerprint density at radius 3 is 1.22 bits per heavy atom. The topological polar surface area (TPSA) is 171 Å². The van der Waals surface area contributed by atoms with Gasteiger partial charge in [-0.3, -0.25) is 29.0 Å². The lowest BCUT2D eigenvalue weighted by Crippen LogP contribution is -2.33. The Morgan fingerprint density at radius 1 is 0.418 bits per heavy atom. The third-order valence-corrected chi connectivity index (χ3v) is 16.4. The molecular weight excluding hydrogens is 1050 g/mol. The number of rotatable bonds is 8. The van der Waals surface area contributed by atoms with E-state index in [2.05, 4.69) is 96.5 Å². The maximum Gasteiger partial charge on any atom is 0.262 e. The highest BCUT2D eigenvalue weighted by Gasteiger charge is 2.44. The predicted molar refractivity (Wildman–Crippen MR) is 304 cm³/mol. The number of benzene rings is 7. The molecule has 0 radical (unpaired) electrons. The summed E-state index contributed by atoms with van der Waals surface area (Å²) in [5.74, 6) is 0.254. The Morgan fingerprint density at radius 2 is 0.785 bits per heavy atom. The number of amides is 4. The highest BCUT2D eigenvalue weighted by molar-refractivity contribution is 9.10. The monoisotopic (exact) mass is 1110 g/mol. The summed E-state index contributed by atoms with van der Waals surface area (Å²) in [7, 11) is 3.15. The number of methoxy groups -OCH3 is 2. The molecule has 2 N–H and O–H groups in total. The van der Waals surface area contributed by atoms with Crippen molar-refractivity contribution in [3.63, 3.8) is 0 Å². The van der Waals surface area contributed by atoms with Crippen LogP contribution in [-0.4, -0.2) is 67.6 Å². The Bertz CT molecular complexity index is 3780. The minimum atomic E-state index is -0.240. The lowest BCUT2D eigenvalue weighted by molar-refractivity contribution is 0.0567. The Labute approximate surface area is 465 Å². The van der Waals surface area contributed by atoms with Crippen molar-refractivity contribution in [2.45, 2.75) is 56.7 Å². The van der Waals surface area contributed by atoms with Crippen molar-refractivity contribution in [3.05, 3.63) is 237 Å². The van der Waals surface area contributed by atoms with Crippen LogP contribution >= 0.6 is 15.9 Å². The number of halogens is 1. The Hall–Kier alpha value is -8.98. The van der Waals surface area contributed by atoms with Gasteiger partial charge in [0, 0.05) is 21.6 Å². The van der Waals surface area contributed by atoms with Crippen LogP contribution in [0.4, 0.5) is 0 Å². The molecule has 14 rings (SSSR count). The van der Waals surface area contributed by atoms with E-state index in [1.54, 1.807) is 87.5 Å². The molecule has 0 saturated heterocycles. The zero-order chi connectivity index (χ0) is 54.3. The second kappa shape index (κ2) is 21.4. The van der Waals surface area contributed by atoms with Crippen LogP contribution in [0.3, 0.4) is 0 Å². The standard InChI is InChI=1S/C28H21N3O3.C20H19N3O.C17H12BrNO2/c1-34-26-16-29-24(15-30-26)18-11-9-17(10-12-18)19-7-4-8-21-20(19)13-14-25(21)31-27(32)22-5-2-3-6-23(22)28(31)33;1-24-20-12-22-19(11-23-20)14-7-5-13(6-8-14)15-3-2-4-17-16(15)9-10-18(17)21;18-14-7-3-6-11-10(14)8-9-15(11)19-16(20)12-4-1-2-5-13(12)17(19)21/h2-12,15-16,25H,13-14H2,1H3;2-8,11-12,18H,9-10,21H2,1H3;1-7,15H,8-9H2/t25-;18-;15-/m111/s1. The summed E-state index contributed by atoms with van der Waals surface area (Å²) in [6, 6.07) is 49.1.